The zero-order valence-electron chi connectivity index (χ0n) is 9.34. The van der Waals surface area contributed by atoms with E-state index in [4.69, 9.17) is 0 Å². The molecule has 0 atom stereocenters. The van der Waals surface area contributed by atoms with Gasteiger partial charge in [0.2, 0.25) is 0 Å². The van der Waals surface area contributed by atoms with Crippen LogP contribution in [0.3, 0.4) is 0 Å². The van der Waals surface area contributed by atoms with Crippen molar-refractivity contribution < 1.29 is 0 Å². The molecular weight excluding hydrogens is 340 g/mol. The van der Waals surface area contributed by atoms with E-state index in [-0.39, 0.29) is 0 Å². The molecule has 0 amide bonds. The van der Waals surface area contributed by atoms with Gasteiger partial charge in [0.15, 0.2) is 0 Å². The maximum Gasteiger partial charge on any atom is 0.0178 e. The van der Waals surface area contributed by atoms with Crippen LogP contribution in [0.4, 0.5) is 0 Å². The van der Waals surface area contributed by atoms with Gasteiger partial charge in [-0.3, -0.25) is 0 Å². The molecule has 0 nitrogen and oxygen atoms in total. The molecule has 1 aliphatic rings. The highest BCUT2D eigenvalue weighted by atomic mass is 79.9. The smallest absolute Gasteiger partial charge is 0.0178 e. The molecule has 0 radical (unpaired) electrons. The zero-order valence-corrected chi connectivity index (χ0v) is 12.5. The third kappa shape index (κ3) is 2.21. The van der Waals surface area contributed by atoms with E-state index in [1.54, 1.807) is 0 Å². The minimum absolute atomic E-state index is 1.17. The average molecular weight is 352 g/mol. The van der Waals surface area contributed by atoms with Gasteiger partial charge in [0.1, 0.15) is 0 Å². The van der Waals surface area contributed by atoms with Crippen molar-refractivity contribution in [3.05, 3.63) is 56.5 Å². The van der Waals surface area contributed by atoms with Crippen molar-refractivity contribution in [3.8, 4) is 11.1 Å². The largest absolute Gasteiger partial charge is 0.0530 e. The van der Waals surface area contributed by atoms with Crippen molar-refractivity contribution in [2.45, 2.75) is 19.3 Å². The SMILES string of the molecule is Brc1ccc2c(c1)CCCc1cc(Br)ccc1-2. The maximum absolute atomic E-state index is 3.56. The Labute approximate surface area is 118 Å². The first-order valence-corrected chi connectivity index (χ1v) is 7.40. The first kappa shape index (κ1) is 11.5. The summed E-state index contributed by atoms with van der Waals surface area (Å²) < 4.78 is 2.36. The molecule has 3 rings (SSSR count). The lowest BCUT2D eigenvalue weighted by Crippen LogP contribution is -1.88. The van der Waals surface area contributed by atoms with E-state index in [0.29, 0.717) is 0 Å². The topological polar surface area (TPSA) is 0 Å². The van der Waals surface area contributed by atoms with Crippen molar-refractivity contribution >= 4 is 31.9 Å². The summed E-state index contributed by atoms with van der Waals surface area (Å²) in [5.41, 5.74) is 5.71. The van der Waals surface area contributed by atoms with E-state index in [2.05, 4.69) is 68.3 Å². The van der Waals surface area contributed by atoms with Gasteiger partial charge in [-0.1, -0.05) is 44.0 Å². The van der Waals surface area contributed by atoms with Crippen LogP contribution in [0.15, 0.2) is 45.3 Å². The molecule has 0 spiro atoms. The van der Waals surface area contributed by atoms with Gasteiger partial charge in [-0.15, -0.1) is 0 Å². The van der Waals surface area contributed by atoms with E-state index >= 15 is 0 Å². The molecule has 0 heterocycles. The Morgan fingerprint density at radius 2 is 1.18 bits per heavy atom. The standard InChI is InChI=1S/C15H12Br2/c16-12-4-6-14-10(8-12)2-1-3-11-9-13(17)5-7-15(11)14/h4-9H,1-3H2. The summed E-state index contributed by atoms with van der Waals surface area (Å²) in [6, 6.07) is 13.2. The van der Waals surface area contributed by atoms with Gasteiger partial charge in [-0.25, -0.2) is 0 Å². The quantitative estimate of drug-likeness (QED) is 0.598. The molecule has 1 aliphatic carbocycles. The van der Waals surface area contributed by atoms with Gasteiger partial charge in [-0.2, -0.15) is 0 Å². The molecule has 86 valence electrons. The minimum atomic E-state index is 1.17. The fraction of sp³-hybridized carbons (Fsp3) is 0.200. The van der Waals surface area contributed by atoms with E-state index < -0.39 is 0 Å². The lowest BCUT2D eigenvalue weighted by molar-refractivity contribution is 0.834. The monoisotopic (exact) mass is 350 g/mol. The van der Waals surface area contributed by atoms with Crippen LogP contribution in [-0.4, -0.2) is 0 Å². The summed E-state index contributed by atoms with van der Waals surface area (Å²) in [5, 5.41) is 0. The highest BCUT2D eigenvalue weighted by Crippen LogP contribution is 2.35. The van der Waals surface area contributed by atoms with Crippen LogP contribution in [0.2, 0.25) is 0 Å². The van der Waals surface area contributed by atoms with E-state index in [0.717, 1.165) is 0 Å². The van der Waals surface area contributed by atoms with Crippen LogP contribution in [0, 0.1) is 0 Å². The van der Waals surface area contributed by atoms with Gasteiger partial charge in [-0.05, 0) is 65.8 Å². The second kappa shape index (κ2) is 4.58. The molecule has 0 saturated heterocycles. The number of aryl methyl sites for hydroxylation is 2. The van der Waals surface area contributed by atoms with Gasteiger partial charge in [0.25, 0.3) is 0 Å². The summed E-state index contributed by atoms with van der Waals surface area (Å²) in [4.78, 5) is 0. The highest BCUT2D eigenvalue weighted by Gasteiger charge is 2.14. The maximum atomic E-state index is 3.56. The molecule has 0 unspecified atom stereocenters. The summed E-state index contributed by atoms with van der Waals surface area (Å²) in [7, 11) is 0. The van der Waals surface area contributed by atoms with Gasteiger partial charge < -0.3 is 0 Å². The minimum Gasteiger partial charge on any atom is -0.0530 e. The number of fused-ring (bicyclic) bond motifs is 3. The Kier molecular flexibility index (Phi) is 3.10. The van der Waals surface area contributed by atoms with Crippen molar-refractivity contribution in [1.82, 2.24) is 0 Å². The molecule has 2 heteroatoms. The van der Waals surface area contributed by atoms with Crippen molar-refractivity contribution in [2.24, 2.45) is 0 Å². The van der Waals surface area contributed by atoms with Crippen LogP contribution in [0.25, 0.3) is 11.1 Å². The molecule has 0 bridgehead atoms. The summed E-state index contributed by atoms with van der Waals surface area (Å²) >= 11 is 7.12. The molecule has 0 saturated carbocycles. The van der Waals surface area contributed by atoms with Crippen molar-refractivity contribution in [1.29, 1.82) is 0 Å². The Hall–Kier alpha value is -0.600. The summed E-state index contributed by atoms with van der Waals surface area (Å²) in [6.45, 7) is 0. The normalized spacial score (nSPS) is 13.8. The van der Waals surface area contributed by atoms with Crippen molar-refractivity contribution in [2.75, 3.05) is 0 Å². The lowest BCUT2D eigenvalue weighted by Gasteiger charge is -2.10. The van der Waals surface area contributed by atoms with Gasteiger partial charge in [0.05, 0.1) is 0 Å². The van der Waals surface area contributed by atoms with Crippen LogP contribution >= 0.6 is 31.9 Å². The Bertz CT molecular complexity index is 522. The summed E-state index contributed by atoms with van der Waals surface area (Å²) in [6.07, 6.45) is 3.56. The van der Waals surface area contributed by atoms with Crippen LogP contribution in [-0.2, 0) is 12.8 Å². The zero-order chi connectivity index (χ0) is 11.8. The Balaban J connectivity index is 2.24. The third-order valence-corrected chi connectivity index (χ3v) is 4.30. The van der Waals surface area contributed by atoms with E-state index in [1.165, 1.54) is 50.5 Å². The number of hydrogen-bond donors (Lipinski definition) is 0. The molecule has 0 aromatic heterocycles. The van der Waals surface area contributed by atoms with E-state index in [9.17, 15) is 0 Å². The molecule has 2 aromatic carbocycles. The molecule has 0 fully saturated rings. The molecule has 0 aliphatic heterocycles. The van der Waals surface area contributed by atoms with E-state index in [1.807, 2.05) is 0 Å². The van der Waals surface area contributed by atoms with Crippen LogP contribution in [0.1, 0.15) is 17.5 Å². The predicted molar refractivity (Wildman–Crippen MR) is 79.3 cm³/mol. The van der Waals surface area contributed by atoms with Gasteiger partial charge in [0, 0.05) is 8.95 Å². The number of hydrogen-bond acceptors (Lipinski definition) is 0. The Morgan fingerprint density at radius 3 is 1.65 bits per heavy atom. The fourth-order valence-corrected chi connectivity index (χ4v) is 3.35. The summed E-state index contributed by atoms with van der Waals surface area (Å²) in [5.74, 6) is 0. The number of benzene rings is 2. The molecular formula is C15H12Br2. The van der Waals surface area contributed by atoms with Crippen LogP contribution < -0.4 is 0 Å². The third-order valence-electron chi connectivity index (χ3n) is 3.32. The second-order valence-electron chi connectivity index (χ2n) is 4.46. The molecule has 17 heavy (non-hydrogen) atoms. The highest BCUT2D eigenvalue weighted by molar-refractivity contribution is 9.10. The average Bonchev–Trinajstić information content (AvgIpc) is 2.47. The predicted octanol–water partition coefficient (Wildman–Crippen LogP) is 5.37. The molecule has 2 aromatic rings. The lowest BCUT2D eigenvalue weighted by atomic mass is 9.97. The Morgan fingerprint density at radius 1 is 0.706 bits per heavy atom. The number of rotatable bonds is 0. The van der Waals surface area contributed by atoms with Crippen LogP contribution in [0.5, 0.6) is 0 Å². The van der Waals surface area contributed by atoms with Gasteiger partial charge >= 0.3 is 0 Å². The number of halogens is 2. The molecule has 0 N–H and O–H groups in total. The first-order valence-electron chi connectivity index (χ1n) is 5.81. The second-order valence-corrected chi connectivity index (χ2v) is 6.29. The fourth-order valence-electron chi connectivity index (χ4n) is 2.53. The first-order chi connectivity index (χ1) is 8.24. The van der Waals surface area contributed by atoms with Crippen molar-refractivity contribution in [3.63, 3.8) is 0 Å².